The number of anilines is 1. The summed E-state index contributed by atoms with van der Waals surface area (Å²) in [5.74, 6) is -0.327. The Kier molecular flexibility index (Phi) is 4.47. The lowest BCUT2D eigenvalue weighted by Gasteiger charge is -2.29. The molecule has 0 aliphatic heterocycles. The maximum atomic E-state index is 13.8. The van der Waals surface area contributed by atoms with Crippen molar-refractivity contribution in [2.24, 2.45) is 0 Å². The molecule has 0 saturated carbocycles. The van der Waals surface area contributed by atoms with Crippen molar-refractivity contribution in [2.45, 2.75) is 33.2 Å². The highest BCUT2D eigenvalue weighted by Crippen LogP contribution is 2.22. The Balaban J connectivity index is 3.04. The number of aldehydes is 1. The van der Waals surface area contributed by atoms with E-state index in [1.54, 1.807) is 12.1 Å². The molecule has 0 fully saturated rings. The van der Waals surface area contributed by atoms with E-state index in [1.807, 2.05) is 18.7 Å². The second-order valence-electron chi connectivity index (χ2n) is 4.12. The first-order chi connectivity index (χ1) is 7.60. The van der Waals surface area contributed by atoms with Gasteiger partial charge in [0.2, 0.25) is 0 Å². The third-order valence-corrected chi connectivity index (χ3v) is 2.51. The highest BCUT2D eigenvalue weighted by molar-refractivity contribution is 5.76. The minimum absolute atomic E-state index is 0.247. The molecule has 0 radical (unpaired) electrons. The summed E-state index contributed by atoms with van der Waals surface area (Å²) in [6.45, 7) is 6.94. The molecule has 0 aromatic heterocycles. The lowest BCUT2D eigenvalue weighted by atomic mass is 10.1. The minimum Gasteiger partial charge on any atom is -0.367 e. The van der Waals surface area contributed by atoms with E-state index in [0.717, 1.165) is 13.0 Å². The fourth-order valence-corrected chi connectivity index (χ4v) is 1.73. The van der Waals surface area contributed by atoms with Crippen molar-refractivity contribution in [1.82, 2.24) is 0 Å². The van der Waals surface area contributed by atoms with Crippen LogP contribution in [-0.2, 0) is 0 Å². The first-order valence-corrected chi connectivity index (χ1v) is 5.61. The molecule has 2 nitrogen and oxygen atoms in total. The summed E-state index contributed by atoms with van der Waals surface area (Å²) in [5.41, 5.74) is 0.948. The van der Waals surface area contributed by atoms with Crippen LogP contribution in [-0.4, -0.2) is 18.9 Å². The van der Waals surface area contributed by atoms with Crippen LogP contribution in [0.4, 0.5) is 10.1 Å². The number of carbonyl (C=O) groups excluding carboxylic acids is 1. The molecule has 3 heteroatoms. The molecule has 1 rings (SSSR count). The Morgan fingerprint density at radius 2 is 2.12 bits per heavy atom. The van der Waals surface area contributed by atoms with Gasteiger partial charge in [-0.05, 0) is 38.5 Å². The summed E-state index contributed by atoms with van der Waals surface area (Å²) in [6.07, 6.45) is 1.62. The topological polar surface area (TPSA) is 20.3 Å². The maximum absolute atomic E-state index is 13.8. The number of halogens is 1. The zero-order chi connectivity index (χ0) is 12.1. The number of hydrogen-bond donors (Lipinski definition) is 0. The van der Waals surface area contributed by atoms with Gasteiger partial charge < -0.3 is 4.90 Å². The van der Waals surface area contributed by atoms with E-state index in [-0.39, 0.29) is 11.9 Å². The monoisotopic (exact) mass is 223 g/mol. The second kappa shape index (κ2) is 5.64. The van der Waals surface area contributed by atoms with Crippen LogP contribution in [0.3, 0.4) is 0 Å². The molecule has 0 N–H and O–H groups in total. The van der Waals surface area contributed by atoms with Crippen LogP contribution >= 0.6 is 0 Å². The number of hydrogen-bond acceptors (Lipinski definition) is 2. The third-order valence-electron chi connectivity index (χ3n) is 2.51. The van der Waals surface area contributed by atoms with Crippen molar-refractivity contribution in [2.75, 3.05) is 11.4 Å². The van der Waals surface area contributed by atoms with Crippen LogP contribution in [0.15, 0.2) is 18.2 Å². The molecule has 0 amide bonds. The highest BCUT2D eigenvalue weighted by Gasteiger charge is 2.14. The highest BCUT2D eigenvalue weighted by atomic mass is 19.1. The van der Waals surface area contributed by atoms with Gasteiger partial charge in [-0.1, -0.05) is 6.92 Å². The average Bonchev–Trinajstić information content (AvgIpc) is 2.26. The predicted octanol–water partition coefficient (Wildman–Crippen LogP) is 3.26. The van der Waals surface area contributed by atoms with E-state index in [9.17, 15) is 9.18 Å². The van der Waals surface area contributed by atoms with Crippen molar-refractivity contribution in [3.8, 4) is 0 Å². The first kappa shape index (κ1) is 12.7. The summed E-state index contributed by atoms with van der Waals surface area (Å²) in [4.78, 5) is 12.5. The summed E-state index contributed by atoms with van der Waals surface area (Å²) in [6, 6.07) is 4.86. The quantitative estimate of drug-likeness (QED) is 0.714. The van der Waals surface area contributed by atoms with Crippen LogP contribution < -0.4 is 4.90 Å². The Labute approximate surface area is 96.1 Å². The molecule has 0 heterocycles. The minimum atomic E-state index is -0.327. The average molecular weight is 223 g/mol. The van der Waals surface area contributed by atoms with Gasteiger partial charge in [0.25, 0.3) is 0 Å². The van der Waals surface area contributed by atoms with Gasteiger partial charge in [0, 0.05) is 18.2 Å². The summed E-state index contributed by atoms with van der Waals surface area (Å²) in [5, 5.41) is 0. The molecular formula is C13H18FNO. The standard InChI is InChI=1S/C13H18FNO/c1-4-7-15(10(2)3)13-6-5-11(9-16)8-12(13)14/h5-6,8-10H,4,7H2,1-3H3. The van der Waals surface area contributed by atoms with E-state index in [4.69, 9.17) is 0 Å². The van der Waals surface area contributed by atoms with E-state index < -0.39 is 0 Å². The van der Waals surface area contributed by atoms with Gasteiger partial charge in [-0.15, -0.1) is 0 Å². The van der Waals surface area contributed by atoms with E-state index >= 15 is 0 Å². The van der Waals surface area contributed by atoms with Crippen LogP contribution in [0.5, 0.6) is 0 Å². The third kappa shape index (κ3) is 2.81. The normalized spacial score (nSPS) is 10.6. The lowest BCUT2D eigenvalue weighted by molar-refractivity contribution is 0.112. The Bertz CT molecular complexity index is 363. The van der Waals surface area contributed by atoms with Crippen molar-refractivity contribution in [3.05, 3.63) is 29.6 Å². The van der Waals surface area contributed by atoms with Crippen molar-refractivity contribution in [1.29, 1.82) is 0 Å². The van der Waals surface area contributed by atoms with Crippen LogP contribution in [0.1, 0.15) is 37.6 Å². The second-order valence-corrected chi connectivity index (χ2v) is 4.12. The summed E-state index contributed by atoms with van der Waals surface area (Å²) in [7, 11) is 0. The molecule has 0 bridgehead atoms. The molecule has 0 aliphatic rings. The fourth-order valence-electron chi connectivity index (χ4n) is 1.73. The molecule has 0 aliphatic carbocycles. The number of nitrogens with zero attached hydrogens (tertiary/aromatic N) is 1. The van der Waals surface area contributed by atoms with Gasteiger partial charge in [-0.2, -0.15) is 0 Å². The molecule has 0 atom stereocenters. The smallest absolute Gasteiger partial charge is 0.150 e. The Hall–Kier alpha value is -1.38. The molecule has 0 unspecified atom stereocenters. The molecule has 1 aromatic rings. The van der Waals surface area contributed by atoms with Crippen molar-refractivity contribution >= 4 is 12.0 Å². The largest absolute Gasteiger partial charge is 0.367 e. The summed E-state index contributed by atoms with van der Waals surface area (Å²) >= 11 is 0. The molecule has 1 aromatic carbocycles. The first-order valence-electron chi connectivity index (χ1n) is 5.61. The van der Waals surface area contributed by atoms with Crippen LogP contribution in [0, 0.1) is 5.82 Å². The Morgan fingerprint density at radius 3 is 2.56 bits per heavy atom. The molecule has 16 heavy (non-hydrogen) atoms. The predicted molar refractivity (Wildman–Crippen MR) is 64.6 cm³/mol. The molecular weight excluding hydrogens is 205 g/mol. The van der Waals surface area contributed by atoms with Gasteiger partial charge in [-0.3, -0.25) is 4.79 Å². The molecule has 0 spiro atoms. The van der Waals surface area contributed by atoms with Crippen molar-refractivity contribution in [3.63, 3.8) is 0 Å². The zero-order valence-electron chi connectivity index (χ0n) is 10.0. The van der Waals surface area contributed by atoms with Gasteiger partial charge in [0.05, 0.1) is 5.69 Å². The SMILES string of the molecule is CCCN(c1ccc(C=O)cc1F)C(C)C. The van der Waals surface area contributed by atoms with E-state index in [0.29, 0.717) is 17.5 Å². The molecule has 88 valence electrons. The number of benzene rings is 1. The Morgan fingerprint density at radius 1 is 1.44 bits per heavy atom. The zero-order valence-corrected chi connectivity index (χ0v) is 10.0. The van der Waals surface area contributed by atoms with Gasteiger partial charge >= 0.3 is 0 Å². The van der Waals surface area contributed by atoms with E-state index in [2.05, 4.69) is 6.92 Å². The van der Waals surface area contributed by atoms with Gasteiger partial charge in [-0.25, -0.2) is 4.39 Å². The van der Waals surface area contributed by atoms with Gasteiger partial charge in [0.15, 0.2) is 0 Å². The number of carbonyl (C=O) groups is 1. The fraction of sp³-hybridized carbons (Fsp3) is 0.462. The van der Waals surface area contributed by atoms with Crippen LogP contribution in [0.25, 0.3) is 0 Å². The molecule has 0 saturated heterocycles. The maximum Gasteiger partial charge on any atom is 0.150 e. The number of rotatable bonds is 5. The van der Waals surface area contributed by atoms with Gasteiger partial charge in [0.1, 0.15) is 12.1 Å². The van der Waals surface area contributed by atoms with E-state index in [1.165, 1.54) is 6.07 Å². The summed E-state index contributed by atoms with van der Waals surface area (Å²) < 4.78 is 13.8. The lowest BCUT2D eigenvalue weighted by Crippen LogP contribution is -2.32. The van der Waals surface area contributed by atoms with Crippen molar-refractivity contribution < 1.29 is 9.18 Å². The van der Waals surface area contributed by atoms with Crippen LogP contribution in [0.2, 0.25) is 0 Å².